The van der Waals surface area contributed by atoms with Gasteiger partial charge in [-0.2, -0.15) is 0 Å². The molecule has 0 aromatic heterocycles. The standard InChI is InChI=1S/C32H58O6/c1-3-5-6-7-8-9-10-11-16-21-26-36-31(35)27(4-2)22-17-12-13-18-23-28-32(37-28)29(38-32)24-19-14-15-20-25-30(33)34/h27-29H,3-26H2,1-2H3,(H,33,34). The third-order valence-corrected chi connectivity index (χ3v) is 8.38. The Bertz CT molecular complexity index is 637. The number of carbonyl (C=O) groups is 2. The molecule has 2 rings (SSSR count). The molecule has 4 unspecified atom stereocenters. The zero-order chi connectivity index (χ0) is 27.5. The minimum atomic E-state index is -0.703. The van der Waals surface area contributed by atoms with E-state index in [-0.39, 0.29) is 36.3 Å². The Labute approximate surface area is 232 Å². The van der Waals surface area contributed by atoms with Crippen LogP contribution in [0.4, 0.5) is 0 Å². The van der Waals surface area contributed by atoms with E-state index in [1.54, 1.807) is 0 Å². The molecule has 2 aliphatic rings. The fraction of sp³-hybridized carbons (Fsp3) is 0.938. The molecule has 2 heterocycles. The number of carbonyl (C=O) groups excluding carboxylic acids is 1. The van der Waals surface area contributed by atoms with E-state index in [0.29, 0.717) is 6.61 Å². The first-order valence-corrected chi connectivity index (χ1v) is 16.3. The van der Waals surface area contributed by atoms with Gasteiger partial charge in [-0.25, -0.2) is 0 Å². The fourth-order valence-corrected chi connectivity index (χ4v) is 5.69. The van der Waals surface area contributed by atoms with Gasteiger partial charge >= 0.3 is 11.9 Å². The molecule has 2 fully saturated rings. The van der Waals surface area contributed by atoms with Gasteiger partial charge in [0, 0.05) is 6.42 Å². The molecule has 6 heteroatoms. The highest BCUT2D eigenvalue weighted by molar-refractivity contribution is 5.72. The number of esters is 1. The van der Waals surface area contributed by atoms with Gasteiger partial charge in [0.1, 0.15) is 12.2 Å². The summed E-state index contributed by atoms with van der Waals surface area (Å²) in [5, 5.41) is 8.68. The van der Waals surface area contributed by atoms with E-state index in [1.165, 1.54) is 64.2 Å². The highest BCUT2D eigenvalue weighted by Crippen LogP contribution is 2.58. The summed E-state index contributed by atoms with van der Waals surface area (Å²) in [5.41, 5.74) is 0. The summed E-state index contributed by atoms with van der Waals surface area (Å²) >= 11 is 0. The quantitative estimate of drug-likeness (QED) is 0.0639. The molecule has 38 heavy (non-hydrogen) atoms. The first kappa shape index (κ1) is 33.1. The van der Waals surface area contributed by atoms with Crippen molar-refractivity contribution in [3.63, 3.8) is 0 Å². The van der Waals surface area contributed by atoms with E-state index < -0.39 is 5.97 Å². The smallest absolute Gasteiger partial charge is 0.308 e. The SMILES string of the molecule is CCCCCCCCCCCCOC(=O)C(CC)CCCCCCC1OC12OC2CCCCCCC(=O)O. The molecule has 0 bridgehead atoms. The van der Waals surface area contributed by atoms with Crippen molar-refractivity contribution in [2.75, 3.05) is 6.61 Å². The van der Waals surface area contributed by atoms with Gasteiger partial charge < -0.3 is 19.3 Å². The van der Waals surface area contributed by atoms with E-state index in [2.05, 4.69) is 13.8 Å². The molecule has 6 nitrogen and oxygen atoms in total. The zero-order valence-electron chi connectivity index (χ0n) is 24.7. The maximum Gasteiger partial charge on any atom is 0.308 e. The minimum absolute atomic E-state index is 0.00977. The van der Waals surface area contributed by atoms with Crippen LogP contribution in [0.25, 0.3) is 0 Å². The lowest BCUT2D eigenvalue weighted by molar-refractivity contribution is -0.149. The fourth-order valence-electron chi connectivity index (χ4n) is 5.69. The molecule has 2 aliphatic heterocycles. The van der Waals surface area contributed by atoms with Crippen molar-refractivity contribution in [3.8, 4) is 0 Å². The van der Waals surface area contributed by atoms with E-state index in [0.717, 1.165) is 77.0 Å². The molecule has 0 saturated carbocycles. The Kier molecular flexibility index (Phi) is 17.3. The van der Waals surface area contributed by atoms with Crippen molar-refractivity contribution >= 4 is 11.9 Å². The monoisotopic (exact) mass is 538 g/mol. The highest BCUT2D eigenvalue weighted by Gasteiger charge is 2.75. The Morgan fingerprint density at radius 3 is 1.76 bits per heavy atom. The topological polar surface area (TPSA) is 88.7 Å². The Hall–Kier alpha value is -1.14. The summed E-state index contributed by atoms with van der Waals surface area (Å²) in [5.74, 6) is -0.897. The van der Waals surface area contributed by atoms with E-state index in [1.807, 2.05) is 0 Å². The van der Waals surface area contributed by atoms with Gasteiger partial charge in [-0.15, -0.1) is 0 Å². The van der Waals surface area contributed by atoms with Gasteiger partial charge in [0.25, 0.3) is 0 Å². The lowest BCUT2D eigenvalue weighted by Crippen LogP contribution is -2.17. The average Bonchev–Trinajstić information content (AvgIpc) is 3.80. The maximum absolute atomic E-state index is 12.4. The summed E-state index contributed by atoms with van der Waals surface area (Å²) in [4.78, 5) is 23.0. The van der Waals surface area contributed by atoms with Crippen LogP contribution < -0.4 is 0 Å². The van der Waals surface area contributed by atoms with E-state index in [4.69, 9.17) is 19.3 Å². The minimum Gasteiger partial charge on any atom is -0.481 e. The van der Waals surface area contributed by atoms with Crippen molar-refractivity contribution in [2.45, 2.75) is 180 Å². The molecule has 0 aromatic rings. The largest absolute Gasteiger partial charge is 0.481 e. The van der Waals surface area contributed by atoms with Crippen LogP contribution in [0.15, 0.2) is 0 Å². The van der Waals surface area contributed by atoms with Crippen LogP contribution in [0.5, 0.6) is 0 Å². The molecule has 0 amide bonds. The van der Waals surface area contributed by atoms with Gasteiger partial charge in [0.15, 0.2) is 0 Å². The predicted molar refractivity (Wildman–Crippen MR) is 152 cm³/mol. The first-order chi connectivity index (χ1) is 18.5. The molecular weight excluding hydrogens is 480 g/mol. The zero-order valence-corrected chi connectivity index (χ0v) is 24.7. The predicted octanol–water partition coefficient (Wildman–Crippen LogP) is 8.74. The van der Waals surface area contributed by atoms with Crippen molar-refractivity contribution in [2.24, 2.45) is 5.92 Å². The summed E-state index contributed by atoms with van der Waals surface area (Å²) in [6.07, 6.45) is 26.1. The second-order valence-electron chi connectivity index (χ2n) is 11.7. The molecule has 0 radical (unpaired) electrons. The molecule has 1 N–H and O–H groups in total. The van der Waals surface area contributed by atoms with Gasteiger partial charge in [0.05, 0.1) is 12.5 Å². The number of carboxylic acids is 1. The van der Waals surface area contributed by atoms with Crippen LogP contribution in [0.2, 0.25) is 0 Å². The highest BCUT2D eigenvalue weighted by atomic mass is 16.9. The van der Waals surface area contributed by atoms with Crippen LogP contribution in [-0.4, -0.2) is 41.6 Å². The normalized spacial score (nSPS) is 22.5. The third kappa shape index (κ3) is 13.8. The van der Waals surface area contributed by atoms with Gasteiger partial charge in [-0.1, -0.05) is 117 Å². The molecule has 0 aliphatic carbocycles. The molecule has 4 atom stereocenters. The summed E-state index contributed by atoms with van der Waals surface area (Å²) in [6.45, 7) is 4.94. The van der Waals surface area contributed by atoms with E-state index in [9.17, 15) is 9.59 Å². The number of unbranched alkanes of at least 4 members (excludes halogenated alkanes) is 15. The molecule has 222 valence electrons. The van der Waals surface area contributed by atoms with Crippen LogP contribution in [0, 0.1) is 5.92 Å². The molecule has 1 spiro atoms. The number of carboxylic acid groups (broad SMARTS) is 1. The number of ether oxygens (including phenoxy) is 3. The average molecular weight is 539 g/mol. The third-order valence-electron chi connectivity index (χ3n) is 8.38. The summed E-state index contributed by atoms with van der Waals surface area (Å²) < 4.78 is 17.3. The molecule has 0 aromatic carbocycles. The number of aliphatic carboxylic acids is 1. The first-order valence-electron chi connectivity index (χ1n) is 16.3. The van der Waals surface area contributed by atoms with Crippen LogP contribution >= 0.6 is 0 Å². The lowest BCUT2D eigenvalue weighted by Gasteiger charge is -2.14. The summed E-state index contributed by atoms with van der Waals surface area (Å²) in [7, 11) is 0. The van der Waals surface area contributed by atoms with Crippen molar-refractivity contribution in [1.29, 1.82) is 0 Å². The van der Waals surface area contributed by atoms with Crippen LogP contribution in [0.1, 0.15) is 162 Å². The lowest BCUT2D eigenvalue weighted by atomic mass is 9.97. The number of epoxide rings is 2. The maximum atomic E-state index is 12.4. The Morgan fingerprint density at radius 1 is 0.711 bits per heavy atom. The Morgan fingerprint density at radius 2 is 1.21 bits per heavy atom. The Balaban J connectivity index is 1.36. The van der Waals surface area contributed by atoms with Crippen molar-refractivity contribution < 1.29 is 28.9 Å². The van der Waals surface area contributed by atoms with Crippen molar-refractivity contribution in [1.82, 2.24) is 0 Å². The van der Waals surface area contributed by atoms with Gasteiger partial charge in [0.2, 0.25) is 5.79 Å². The second kappa shape index (κ2) is 19.8. The van der Waals surface area contributed by atoms with Crippen LogP contribution in [-0.2, 0) is 23.8 Å². The number of hydrogen-bond donors (Lipinski definition) is 1. The number of rotatable bonds is 27. The van der Waals surface area contributed by atoms with E-state index >= 15 is 0 Å². The molecular formula is C32H58O6. The molecule has 2 saturated heterocycles. The second-order valence-corrected chi connectivity index (χ2v) is 11.7. The van der Waals surface area contributed by atoms with Crippen LogP contribution in [0.3, 0.4) is 0 Å². The number of hydrogen-bond acceptors (Lipinski definition) is 5. The van der Waals surface area contributed by atoms with Crippen molar-refractivity contribution in [3.05, 3.63) is 0 Å². The van der Waals surface area contributed by atoms with Gasteiger partial charge in [-0.05, 0) is 38.5 Å². The summed E-state index contributed by atoms with van der Waals surface area (Å²) in [6, 6.07) is 0. The van der Waals surface area contributed by atoms with Gasteiger partial charge in [-0.3, -0.25) is 9.59 Å².